The number of carbonyl (C=O) groups excluding carboxylic acids is 1. The van der Waals surface area contributed by atoms with E-state index >= 15 is 0 Å². The van der Waals surface area contributed by atoms with Crippen molar-refractivity contribution in [2.75, 3.05) is 20.1 Å². The van der Waals surface area contributed by atoms with Gasteiger partial charge in [-0.05, 0) is 45.1 Å². The number of Topliss-reactive ketones (excluding diaryl/α,β-unsaturated/α-hetero) is 1. The van der Waals surface area contributed by atoms with Crippen LogP contribution in [0.4, 0.5) is 0 Å². The molecular weight excluding hydrogens is 242 g/mol. The molecule has 0 amide bonds. The second kappa shape index (κ2) is 7.39. The van der Waals surface area contributed by atoms with Crippen molar-refractivity contribution >= 4 is 17.5 Å². The molecule has 98 valence electrons. The van der Waals surface area contributed by atoms with Gasteiger partial charge in [0.1, 0.15) is 0 Å². The zero-order valence-corrected chi connectivity index (χ0v) is 12.4. The zero-order valence-electron chi connectivity index (χ0n) is 11.6. The van der Waals surface area contributed by atoms with E-state index in [-0.39, 0.29) is 5.78 Å². The quantitative estimate of drug-likeness (QED) is 0.578. The lowest BCUT2D eigenvalue weighted by molar-refractivity contribution is -0.113. The lowest BCUT2D eigenvalue weighted by Gasteiger charge is -2.16. The second-order valence-electron chi connectivity index (χ2n) is 4.41. The maximum atomic E-state index is 11.8. The molecular formula is C15H21NOS. The van der Waals surface area contributed by atoms with Gasteiger partial charge in [-0.15, -0.1) is 0 Å². The minimum absolute atomic E-state index is 0.144. The highest BCUT2D eigenvalue weighted by molar-refractivity contribution is 8.04. The number of hydrogen-bond donors (Lipinski definition) is 0. The highest BCUT2D eigenvalue weighted by Crippen LogP contribution is 2.29. The molecule has 3 heteroatoms. The zero-order chi connectivity index (χ0) is 13.5. The van der Waals surface area contributed by atoms with Gasteiger partial charge in [-0.3, -0.25) is 4.79 Å². The summed E-state index contributed by atoms with van der Waals surface area (Å²) in [7, 11) is 2.06. The van der Waals surface area contributed by atoms with Crippen LogP contribution in [0, 0.1) is 0 Å². The maximum absolute atomic E-state index is 11.8. The van der Waals surface area contributed by atoms with Gasteiger partial charge in [0.25, 0.3) is 0 Å². The van der Waals surface area contributed by atoms with Crippen LogP contribution in [-0.2, 0) is 4.79 Å². The molecule has 0 bridgehead atoms. The van der Waals surface area contributed by atoms with Gasteiger partial charge in [-0.25, -0.2) is 0 Å². The minimum Gasteiger partial charge on any atom is -0.303 e. The van der Waals surface area contributed by atoms with Gasteiger partial charge < -0.3 is 4.90 Å². The van der Waals surface area contributed by atoms with Crippen LogP contribution in [0.5, 0.6) is 0 Å². The molecule has 0 heterocycles. The molecule has 0 N–H and O–H groups in total. The molecule has 0 saturated heterocycles. The van der Waals surface area contributed by atoms with Gasteiger partial charge in [0.2, 0.25) is 0 Å². The summed E-state index contributed by atoms with van der Waals surface area (Å²) < 4.78 is 0. The average molecular weight is 263 g/mol. The van der Waals surface area contributed by atoms with Gasteiger partial charge in [-0.2, -0.15) is 0 Å². The molecule has 2 nitrogen and oxygen atoms in total. The van der Waals surface area contributed by atoms with Crippen molar-refractivity contribution < 1.29 is 4.79 Å². The summed E-state index contributed by atoms with van der Waals surface area (Å²) in [4.78, 5) is 15.9. The van der Waals surface area contributed by atoms with Crippen molar-refractivity contribution in [1.29, 1.82) is 0 Å². The number of thioether (sulfide) groups is 1. The van der Waals surface area contributed by atoms with E-state index < -0.39 is 0 Å². The van der Waals surface area contributed by atoms with Gasteiger partial charge in [0.05, 0.1) is 4.91 Å². The maximum Gasteiger partial charge on any atom is 0.166 e. The third kappa shape index (κ3) is 4.67. The van der Waals surface area contributed by atoms with E-state index in [9.17, 15) is 4.79 Å². The van der Waals surface area contributed by atoms with Crippen molar-refractivity contribution in [3.05, 3.63) is 40.8 Å². The van der Waals surface area contributed by atoms with Crippen molar-refractivity contribution in [3.63, 3.8) is 0 Å². The summed E-state index contributed by atoms with van der Waals surface area (Å²) in [6.45, 7) is 7.62. The molecule has 0 fully saturated rings. The summed E-state index contributed by atoms with van der Waals surface area (Å²) in [6.07, 6.45) is 0. The molecule has 0 spiro atoms. The number of likely N-dealkylation sites (N-methyl/N-ethyl adjacent to an activating group) is 1. The monoisotopic (exact) mass is 263 g/mol. The molecule has 0 aliphatic rings. The number of carbonyl (C=O) groups is 1. The number of rotatable bonds is 6. The van der Waals surface area contributed by atoms with Gasteiger partial charge in [-0.1, -0.05) is 36.9 Å². The standard InChI is InChI=1S/C15H21NOS/c1-5-16(4)11-12(2)15(13(3)17)18-14-9-7-6-8-10-14/h6-10H,5,11H2,1-4H3/b15-12+. The van der Waals surface area contributed by atoms with Crippen LogP contribution in [-0.4, -0.2) is 30.8 Å². The van der Waals surface area contributed by atoms with E-state index in [1.807, 2.05) is 37.3 Å². The molecule has 1 aromatic carbocycles. The van der Waals surface area contributed by atoms with E-state index in [0.29, 0.717) is 0 Å². The Bertz CT molecular complexity index is 425. The van der Waals surface area contributed by atoms with Crippen molar-refractivity contribution in [2.24, 2.45) is 0 Å². The largest absolute Gasteiger partial charge is 0.303 e. The molecule has 0 saturated carbocycles. The van der Waals surface area contributed by atoms with Gasteiger partial charge in [0, 0.05) is 11.4 Å². The molecule has 1 rings (SSSR count). The molecule has 0 unspecified atom stereocenters. The third-order valence-corrected chi connectivity index (χ3v) is 4.07. The number of benzene rings is 1. The fourth-order valence-electron chi connectivity index (χ4n) is 1.65. The molecule has 0 atom stereocenters. The Morgan fingerprint density at radius 1 is 1.22 bits per heavy atom. The van der Waals surface area contributed by atoms with Crippen LogP contribution in [0.15, 0.2) is 45.7 Å². The molecule has 0 radical (unpaired) electrons. The first-order valence-corrected chi connectivity index (χ1v) is 6.98. The van der Waals surface area contributed by atoms with Crippen LogP contribution in [0.3, 0.4) is 0 Å². The number of ketones is 1. The fourth-order valence-corrected chi connectivity index (χ4v) is 2.57. The normalized spacial score (nSPS) is 12.5. The summed E-state index contributed by atoms with van der Waals surface area (Å²) in [5.41, 5.74) is 1.14. The Balaban J connectivity index is 2.89. The molecule has 0 aliphatic carbocycles. The Morgan fingerprint density at radius 2 is 1.83 bits per heavy atom. The fraction of sp³-hybridized carbons (Fsp3) is 0.400. The Kier molecular flexibility index (Phi) is 6.16. The number of nitrogens with zero attached hydrogens (tertiary/aromatic N) is 1. The first kappa shape index (κ1) is 15.0. The van der Waals surface area contributed by atoms with Gasteiger partial charge >= 0.3 is 0 Å². The van der Waals surface area contributed by atoms with Crippen LogP contribution in [0.1, 0.15) is 20.8 Å². The predicted molar refractivity (Wildman–Crippen MR) is 78.9 cm³/mol. The SMILES string of the molecule is CCN(C)C/C(C)=C(/Sc1ccccc1)C(C)=O. The Hall–Kier alpha value is -1.06. The van der Waals surface area contributed by atoms with E-state index in [4.69, 9.17) is 0 Å². The summed E-state index contributed by atoms with van der Waals surface area (Å²) in [5.74, 6) is 0.144. The molecule has 1 aromatic rings. The molecule has 0 aromatic heterocycles. The third-order valence-electron chi connectivity index (χ3n) is 2.72. The van der Waals surface area contributed by atoms with E-state index in [1.54, 1.807) is 18.7 Å². The van der Waals surface area contributed by atoms with Crippen LogP contribution < -0.4 is 0 Å². The van der Waals surface area contributed by atoms with Gasteiger partial charge in [0.15, 0.2) is 5.78 Å². The first-order chi connectivity index (χ1) is 8.54. The highest BCUT2D eigenvalue weighted by atomic mass is 32.2. The smallest absolute Gasteiger partial charge is 0.166 e. The molecule has 0 aliphatic heterocycles. The van der Waals surface area contributed by atoms with Crippen LogP contribution >= 0.6 is 11.8 Å². The van der Waals surface area contributed by atoms with Crippen molar-refractivity contribution in [2.45, 2.75) is 25.7 Å². The summed E-state index contributed by atoms with van der Waals surface area (Å²) in [6, 6.07) is 10.0. The topological polar surface area (TPSA) is 20.3 Å². The number of hydrogen-bond acceptors (Lipinski definition) is 3. The summed E-state index contributed by atoms with van der Waals surface area (Å²) in [5, 5.41) is 0. The summed E-state index contributed by atoms with van der Waals surface area (Å²) >= 11 is 1.56. The second-order valence-corrected chi connectivity index (χ2v) is 5.49. The molecule has 18 heavy (non-hydrogen) atoms. The minimum atomic E-state index is 0.144. The van der Waals surface area contributed by atoms with Crippen LogP contribution in [0.25, 0.3) is 0 Å². The highest BCUT2D eigenvalue weighted by Gasteiger charge is 2.11. The van der Waals surface area contributed by atoms with Crippen LogP contribution in [0.2, 0.25) is 0 Å². The van der Waals surface area contributed by atoms with Crippen molar-refractivity contribution in [3.8, 4) is 0 Å². The first-order valence-electron chi connectivity index (χ1n) is 6.16. The Labute approximate surface area is 114 Å². The average Bonchev–Trinajstić information content (AvgIpc) is 2.36. The van der Waals surface area contributed by atoms with E-state index in [2.05, 4.69) is 18.9 Å². The number of allylic oxidation sites excluding steroid dienone is 1. The predicted octanol–water partition coefficient (Wildman–Crippen LogP) is 3.59. The van der Waals surface area contributed by atoms with E-state index in [0.717, 1.165) is 28.5 Å². The lowest BCUT2D eigenvalue weighted by Crippen LogP contribution is -2.20. The lowest BCUT2D eigenvalue weighted by atomic mass is 10.2. The van der Waals surface area contributed by atoms with E-state index in [1.165, 1.54) is 0 Å². The Morgan fingerprint density at radius 3 is 2.33 bits per heavy atom. The van der Waals surface area contributed by atoms with Crippen molar-refractivity contribution in [1.82, 2.24) is 4.90 Å².